The smallest absolute Gasteiger partial charge is 0.266 e. The molecule has 1 fully saturated rings. The van der Waals surface area contributed by atoms with Gasteiger partial charge < -0.3 is 15.1 Å². The maximum atomic E-state index is 13.4. The van der Waals surface area contributed by atoms with E-state index in [0.29, 0.717) is 27.4 Å². The number of nitrogens with zero attached hydrogens (tertiary/aromatic N) is 2. The fraction of sp³-hybridized carbons (Fsp3) is 0.364. The molecule has 1 unspecified atom stereocenters. The molecule has 2 N–H and O–H groups in total. The number of benzene rings is 2. The minimum atomic E-state index is -0.787. The molecule has 1 saturated carbocycles. The number of ketones is 1. The number of carbonyl (C=O) groups excluding carboxylic acids is 3. The molecule has 8 nitrogen and oxygen atoms in total. The van der Waals surface area contributed by atoms with Gasteiger partial charge >= 0.3 is 0 Å². The normalized spacial score (nSPS) is 14.5. The van der Waals surface area contributed by atoms with Crippen LogP contribution in [-0.4, -0.2) is 40.2 Å². The molecule has 4 aromatic rings. The van der Waals surface area contributed by atoms with E-state index in [0.717, 1.165) is 44.1 Å². The topological polar surface area (TPSA) is 114 Å². The SMILES string of the molecule is CC.O=C(NC(C(=O)NCC(=O)c1nc2ccccc2o1)C1CCCCCCC1)c1ccc(-c2ccccc2Cl)nc1. The fourth-order valence-electron chi connectivity index (χ4n) is 5.14. The van der Waals surface area contributed by atoms with Gasteiger partial charge in [-0.3, -0.25) is 19.4 Å². The summed E-state index contributed by atoms with van der Waals surface area (Å²) in [5, 5.41) is 6.23. The van der Waals surface area contributed by atoms with Crippen molar-refractivity contribution in [2.75, 3.05) is 6.54 Å². The minimum absolute atomic E-state index is 0.0426. The molecule has 5 rings (SSSR count). The largest absolute Gasteiger partial charge is 0.434 e. The zero-order valence-electron chi connectivity index (χ0n) is 24.1. The number of oxazole rings is 1. The van der Waals surface area contributed by atoms with Crippen LogP contribution in [0.1, 0.15) is 79.8 Å². The summed E-state index contributed by atoms with van der Waals surface area (Å²) >= 11 is 6.29. The van der Waals surface area contributed by atoms with Gasteiger partial charge in [0.2, 0.25) is 11.7 Å². The number of amides is 2. The molecular formula is C33H37ClN4O4. The van der Waals surface area contributed by atoms with Crippen LogP contribution >= 0.6 is 11.6 Å². The fourth-order valence-corrected chi connectivity index (χ4v) is 5.38. The third-order valence-electron chi connectivity index (χ3n) is 7.32. The van der Waals surface area contributed by atoms with Crippen LogP contribution in [-0.2, 0) is 4.79 Å². The van der Waals surface area contributed by atoms with E-state index in [-0.39, 0.29) is 18.4 Å². The number of Topliss-reactive ketones (excluding diaryl/α,β-unsaturated/α-hetero) is 1. The van der Waals surface area contributed by atoms with Crippen LogP contribution in [0.4, 0.5) is 0 Å². The molecule has 2 heterocycles. The number of hydrogen-bond acceptors (Lipinski definition) is 6. The molecule has 42 heavy (non-hydrogen) atoms. The van der Waals surface area contributed by atoms with Crippen molar-refractivity contribution in [2.24, 2.45) is 5.92 Å². The molecular weight excluding hydrogens is 552 g/mol. The third-order valence-corrected chi connectivity index (χ3v) is 7.65. The van der Waals surface area contributed by atoms with Crippen LogP contribution in [0.15, 0.2) is 71.3 Å². The number of pyridine rings is 1. The van der Waals surface area contributed by atoms with Gasteiger partial charge in [-0.15, -0.1) is 0 Å². The predicted molar refractivity (Wildman–Crippen MR) is 164 cm³/mol. The van der Waals surface area contributed by atoms with Crippen molar-refractivity contribution in [2.45, 2.75) is 64.8 Å². The van der Waals surface area contributed by atoms with Crippen LogP contribution in [0.25, 0.3) is 22.4 Å². The van der Waals surface area contributed by atoms with Gasteiger partial charge in [-0.05, 0) is 49.1 Å². The lowest BCUT2D eigenvalue weighted by atomic mass is 9.85. The van der Waals surface area contributed by atoms with Gasteiger partial charge in [-0.1, -0.05) is 87.9 Å². The Labute approximate surface area is 251 Å². The molecule has 2 amide bonds. The second-order valence-corrected chi connectivity index (χ2v) is 10.5. The average molecular weight is 589 g/mol. The van der Waals surface area contributed by atoms with Gasteiger partial charge in [0.1, 0.15) is 11.6 Å². The number of rotatable bonds is 8. The Bertz CT molecular complexity index is 1460. The zero-order valence-corrected chi connectivity index (χ0v) is 24.8. The lowest BCUT2D eigenvalue weighted by Crippen LogP contribution is -2.52. The zero-order chi connectivity index (χ0) is 29.9. The summed E-state index contributed by atoms with van der Waals surface area (Å²) in [4.78, 5) is 48.1. The first-order valence-electron chi connectivity index (χ1n) is 14.7. The van der Waals surface area contributed by atoms with Crippen molar-refractivity contribution < 1.29 is 18.8 Å². The Morgan fingerprint density at radius 1 is 0.929 bits per heavy atom. The molecule has 2 aromatic carbocycles. The van der Waals surface area contributed by atoms with Gasteiger partial charge in [0.25, 0.3) is 11.8 Å². The molecule has 1 aliphatic rings. The summed E-state index contributed by atoms with van der Waals surface area (Å²) in [6.45, 7) is 3.72. The van der Waals surface area contributed by atoms with Gasteiger partial charge in [0.05, 0.1) is 17.8 Å². The van der Waals surface area contributed by atoms with Gasteiger partial charge in [-0.25, -0.2) is 4.98 Å². The van der Waals surface area contributed by atoms with E-state index in [1.54, 1.807) is 36.4 Å². The maximum absolute atomic E-state index is 13.4. The standard InChI is InChI=1S/C31H31ClN4O4.C2H6/c32-23-13-7-6-12-22(23)24-17-16-21(18-33-24)29(38)36-28(20-10-4-2-1-3-5-11-20)30(39)34-19-26(37)31-35-25-14-8-9-15-27(25)40-31;1-2/h6-9,12-18,20,28H,1-5,10-11,19H2,(H,34,39)(H,36,38);1-2H3. The molecule has 0 saturated heterocycles. The van der Waals surface area contributed by atoms with Gasteiger partial charge in [-0.2, -0.15) is 0 Å². The molecule has 1 atom stereocenters. The number of nitrogens with one attached hydrogen (secondary N) is 2. The number of aromatic nitrogens is 2. The van der Waals surface area contributed by atoms with Crippen molar-refractivity contribution in [3.8, 4) is 11.3 Å². The quantitative estimate of drug-likeness (QED) is 0.214. The first-order valence-corrected chi connectivity index (χ1v) is 15.1. The highest BCUT2D eigenvalue weighted by molar-refractivity contribution is 6.33. The Morgan fingerprint density at radius 3 is 2.31 bits per heavy atom. The minimum Gasteiger partial charge on any atom is -0.434 e. The van der Waals surface area contributed by atoms with Gasteiger partial charge in [0, 0.05) is 16.8 Å². The van der Waals surface area contributed by atoms with Crippen molar-refractivity contribution in [3.63, 3.8) is 0 Å². The van der Waals surface area contributed by atoms with E-state index >= 15 is 0 Å². The predicted octanol–water partition coefficient (Wildman–Crippen LogP) is 7.03. The van der Waals surface area contributed by atoms with Crippen LogP contribution in [0.2, 0.25) is 5.02 Å². The molecule has 0 aliphatic heterocycles. The summed E-state index contributed by atoms with van der Waals surface area (Å²) < 4.78 is 5.54. The Hall–Kier alpha value is -4.04. The van der Waals surface area contributed by atoms with Crippen LogP contribution in [0.5, 0.6) is 0 Å². The molecule has 2 aromatic heterocycles. The lowest BCUT2D eigenvalue weighted by Gasteiger charge is -2.28. The van der Waals surface area contributed by atoms with Crippen molar-refractivity contribution in [1.29, 1.82) is 0 Å². The first kappa shape index (κ1) is 30.9. The van der Waals surface area contributed by atoms with Crippen LogP contribution in [0, 0.1) is 5.92 Å². The summed E-state index contributed by atoms with van der Waals surface area (Å²) in [7, 11) is 0. The second kappa shape index (κ2) is 15.3. The number of fused-ring (bicyclic) bond motifs is 1. The molecule has 0 spiro atoms. The number of para-hydroxylation sites is 2. The number of halogens is 1. The Balaban J connectivity index is 0.00000198. The monoisotopic (exact) mass is 588 g/mol. The molecule has 1 aliphatic carbocycles. The number of carbonyl (C=O) groups is 3. The Kier molecular flexibility index (Phi) is 11.2. The Morgan fingerprint density at radius 2 is 1.62 bits per heavy atom. The van der Waals surface area contributed by atoms with Crippen LogP contribution < -0.4 is 10.6 Å². The highest BCUT2D eigenvalue weighted by Gasteiger charge is 2.31. The van der Waals surface area contributed by atoms with E-state index in [9.17, 15) is 14.4 Å². The van der Waals surface area contributed by atoms with Gasteiger partial charge in [0.15, 0.2) is 5.58 Å². The second-order valence-electron chi connectivity index (χ2n) is 10.1. The van der Waals surface area contributed by atoms with Crippen molar-refractivity contribution in [1.82, 2.24) is 20.6 Å². The third kappa shape index (κ3) is 7.82. The number of hydrogen-bond donors (Lipinski definition) is 2. The molecule has 0 bridgehead atoms. The van der Waals surface area contributed by atoms with E-state index in [1.165, 1.54) is 12.6 Å². The highest BCUT2D eigenvalue weighted by atomic mass is 35.5. The molecule has 0 radical (unpaired) electrons. The summed E-state index contributed by atoms with van der Waals surface area (Å²) in [6.07, 6.45) is 8.48. The van der Waals surface area contributed by atoms with E-state index in [1.807, 2.05) is 38.1 Å². The summed E-state index contributed by atoms with van der Waals surface area (Å²) in [6, 6.07) is 17.1. The van der Waals surface area contributed by atoms with Crippen molar-refractivity contribution >= 4 is 40.3 Å². The van der Waals surface area contributed by atoms with E-state index < -0.39 is 23.6 Å². The summed E-state index contributed by atoms with van der Waals surface area (Å²) in [5.41, 5.74) is 2.83. The van der Waals surface area contributed by atoms with E-state index in [4.69, 9.17) is 16.0 Å². The average Bonchev–Trinajstić information content (AvgIpc) is 3.45. The molecule has 9 heteroatoms. The van der Waals surface area contributed by atoms with E-state index in [2.05, 4.69) is 20.6 Å². The van der Waals surface area contributed by atoms with Crippen LogP contribution in [0.3, 0.4) is 0 Å². The highest BCUT2D eigenvalue weighted by Crippen LogP contribution is 2.27. The van der Waals surface area contributed by atoms with Crippen molar-refractivity contribution in [3.05, 3.63) is 83.3 Å². The summed E-state index contributed by atoms with van der Waals surface area (Å²) in [5.74, 6) is -1.34. The lowest BCUT2D eigenvalue weighted by molar-refractivity contribution is -0.124. The molecule has 220 valence electrons. The first-order chi connectivity index (χ1) is 20.5. The maximum Gasteiger partial charge on any atom is 0.266 e.